The first-order chi connectivity index (χ1) is 12.6. The van der Waals surface area contributed by atoms with Crippen molar-refractivity contribution in [2.24, 2.45) is 0 Å². The molecule has 1 heterocycles. The summed E-state index contributed by atoms with van der Waals surface area (Å²) in [5.74, 6) is 0.731. The van der Waals surface area contributed by atoms with Crippen LogP contribution in [0.2, 0.25) is 0 Å². The molecular weight excluding hydrogens is 363 g/mol. The zero-order valence-electron chi connectivity index (χ0n) is 15.5. The Labute approximate surface area is 165 Å². The molecule has 0 amide bonds. The number of pyridine rings is 1. The molecule has 1 N–H and O–H groups in total. The van der Waals surface area contributed by atoms with E-state index in [0.717, 1.165) is 29.4 Å². The Kier molecular flexibility index (Phi) is 5.98. The second-order valence-corrected chi connectivity index (χ2v) is 7.09. The predicted octanol–water partition coefficient (Wildman–Crippen LogP) is 5.11. The van der Waals surface area contributed by atoms with Gasteiger partial charge in [-0.3, -0.25) is 4.98 Å². The van der Waals surface area contributed by atoms with E-state index in [1.54, 1.807) is 18.5 Å². The van der Waals surface area contributed by atoms with E-state index in [2.05, 4.69) is 36.3 Å². The Balaban J connectivity index is 0.00000210. The molecule has 5 heteroatoms. The molecular formula is C22H24ClFN2O. The first-order valence-electron chi connectivity index (χ1n) is 9.10. The fraction of sp³-hybridized carbons (Fsp3) is 0.318. The zero-order chi connectivity index (χ0) is 18.1. The third kappa shape index (κ3) is 4.07. The molecule has 1 aliphatic rings. The molecule has 0 saturated heterocycles. The molecule has 0 aliphatic heterocycles. The Bertz CT molecular complexity index is 947. The SMILES string of the molecule is Cc1ccc(O[C@@H]2CC[C@H]2NCc2c(F)ccc3cnccc23)cc1C.Cl. The number of fused-ring (bicyclic) bond motifs is 1. The van der Waals surface area contributed by atoms with Crippen molar-refractivity contribution in [3.63, 3.8) is 0 Å². The fourth-order valence-electron chi connectivity index (χ4n) is 3.43. The van der Waals surface area contributed by atoms with Gasteiger partial charge in [-0.15, -0.1) is 12.4 Å². The number of aromatic nitrogens is 1. The molecule has 0 unspecified atom stereocenters. The standard InChI is InChI=1S/C22H23FN2O.ClH/c1-14-3-5-17(11-15(14)2)26-22-8-7-21(22)25-13-19-18-9-10-24-12-16(18)4-6-20(19)23;/h3-6,9-12,21-22,25H,7-8,13H2,1-2H3;1H/t21-,22-;/m1./s1. The minimum absolute atomic E-state index is 0. The molecule has 3 nitrogen and oxygen atoms in total. The molecule has 1 fully saturated rings. The maximum atomic E-state index is 14.3. The number of nitrogens with one attached hydrogen (secondary N) is 1. The number of hydrogen-bond acceptors (Lipinski definition) is 3. The van der Waals surface area contributed by atoms with E-state index in [1.165, 1.54) is 17.2 Å². The fourth-order valence-corrected chi connectivity index (χ4v) is 3.43. The molecule has 0 radical (unpaired) electrons. The lowest BCUT2D eigenvalue weighted by Gasteiger charge is -2.37. The number of aryl methyl sites for hydroxylation is 2. The largest absolute Gasteiger partial charge is 0.489 e. The van der Waals surface area contributed by atoms with Crippen molar-refractivity contribution in [1.29, 1.82) is 0 Å². The summed E-state index contributed by atoms with van der Waals surface area (Å²) in [6.45, 7) is 4.68. The van der Waals surface area contributed by atoms with Crippen LogP contribution in [0.1, 0.15) is 29.5 Å². The van der Waals surface area contributed by atoms with Gasteiger partial charge in [0.05, 0.1) is 0 Å². The molecule has 2 aromatic carbocycles. The number of nitrogens with zero attached hydrogens (tertiary/aromatic N) is 1. The average molecular weight is 387 g/mol. The molecule has 142 valence electrons. The van der Waals surface area contributed by atoms with E-state index in [0.29, 0.717) is 12.1 Å². The van der Waals surface area contributed by atoms with Crippen LogP contribution in [0.4, 0.5) is 4.39 Å². The monoisotopic (exact) mass is 386 g/mol. The lowest BCUT2D eigenvalue weighted by atomic mass is 9.88. The lowest BCUT2D eigenvalue weighted by molar-refractivity contribution is 0.0716. The van der Waals surface area contributed by atoms with Crippen LogP contribution >= 0.6 is 12.4 Å². The van der Waals surface area contributed by atoms with E-state index in [-0.39, 0.29) is 30.4 Å². The third-order valence-electron chi connectivity index (χ3n) is 5.39. The molecule has 1 saturated carbocycles. The Morgan fingerprint density at radius 1 is 1.11 bits per heavy atom. The van der Waals surface area contributed by atoms with Gasteiger partial charge < -0.3 is 10.1 Å². The predicted molar refractivity (Wildman–Crippen MR) is 109 cm³/mol. The van der Waals surface area contributed by atoms with Crippen LogP contribution in [0.15, 0.2) is 48.8 Å². The zero-order valence-corrected chi connectivity index (χ0v) is 16.4. The van der Waals surface area contributed by atoms with E-state index >= 15 is 0 Å². The number of benzene rings is 2. The summed E-state index contributed by atoms with van der Waals surface area (Å²) >= 11 is 0. The van der Waals surface area contributed by atoms with Crippen molar-refractivity contribution < 1.29 is 9.13 Å². The molecule has 1 aromatic heterocycles. The highest BCUT2D eigenvalue weighted by molar-refractivity contribution is 5.85. The van der Waals surface area contributed by atoms with Crippen molar-refractivity contribution in [2.45, 2.75) is 45.4 Å². The van der Waals surface area contributed by atoms with Crippen LogP contribution in [0, 0.1) is 19.7 Å². The van der Waals surface area contributed by atoms with E-state index < -0.39 is 0 Å². The van der Waals surface area contributed by atoms with Crippen molar-refractivity contribution in [3.8, 4) is 5.75 Å². The highest BCUT2D eigenvalue weighted by Gasteiger charge is 2.32. The van der Waals surface area contributed by atoms with Gasteiger partial charge >= 0.3 is 0 Å². The van der Waals surface area contributed by atoms with Gasteiger partial charge in [0, 0.05) is 35.9 Å². The minimum Gasteiger partial charge on any atom is -0.489 e. The summed E-state index contributed by atoms with van der Waals surface area (Å²) in [5, 5.41) is 5.35. The summed E-state index contributed by atoms with van der Waals surface area (Å²) in [4.78, 5) is 4.12. The van der Waals surface area contributed by atoms with Crippen LogP contribution in [0.25, 0.3) is 10.8 Å². The molecule has 1 aliphatic carbocycles. The van der Waals surface area contributed by atoms with Gasteiger partial charge in [0.25, 0.3) is 0 Å². The van der Waals surface area contributed by atoms with Gasteiger partial charge in [-0.1, -0.05) is 6.07 Å². The van der Waals surface area contributed by atoms with Crippen LogP contribution in [-0.2, 0) is 6.54 Å². The number of rotatable bonds is 5. The molecule has 4 rings (SSSR count). The molecule has 3 aromatic rings. The average Bonchev–Trinajstić information content (AvgIpc) is 2.63. The molecule has 0 spiro atoms. The van der Waals surface area contributed by atoms with Gasteiger partial charge in [0.2, 0.25) is 0 Å². The summed E-state index contributed by atoms with van der Waals surface area (Å²) in [6.07, 6.45) is 5.68. The van der Waals surface area contributed by atoms with Crippen molar-refractivity contribution in [3.05, 3.63) is 71.3 Å². The summed E-state index contributed by atoms with van der Waals surface area (Å²) in [6, 6.07) is 11.6. The topological polar surface area (TPSA) is 34.1 Å². The Hall–Kier alpha value is -2.17. The first kappa shape index (κ1) is 19.6. The van der Waals surface area contributed by atoms with Gasteiger partial charge in [0.15, 0.2) is 0 Å². The van der Waals surface area contributed by atoms with Gasteiger partial charge in [-0.2, -0.15) is 0 Å². The van der Waals surface area contributed by atoms with Gasteiger partial charge in [0.1, 0.15) is 17.7 Å². The van der Waals surface area contributed by atoms with Crippen LogP contribution in [-0.4, -0.2) is 17.1 Å². The van der Waals surface area contributed by atoms with Crippen molar-refractivity contribution in [1.82, 2.24) is 10.3 Å². The van der Waals surface area contributed by atoms with E-state index in [4.69, 9.17) is 4.74 Å². The normalized spacial score (nSPS) is 18.6. The second-order valence-electron chi connectivity index (χ2n) is 7.09. The maximum absolute atomic E-state index is 14.3. The van der Waals surface area contributed by atoms with Crippen molar-refractivity contribution >= 4 is 23.2 Å². The van der Waals surface area contributed by atoms with Crippen LogP contribution < -0.4 is 10.1 Å². The van der Waals surface area contributed by atoms with Gasteiger partial charge in [-0.25, -0.2) is 4.39 Å². The lowest BCUT2D eigenvalue weighted by Crippen LogP contribution is -2.50. The summed E-state index contributed by atoms with van der Waals surface area (Å²) in [7, 11) is 0. The summed E-state index contributed by atoms with van der Waals surface area (Å²) < 4.78 is 20.5. The quantitative estimate of drug-likeness (QED) is 0.661. The van der Waals surface area contributed by atoms with E-state index in [9.17, 15) is 4.39 Å². The number of halogens is 2. The first-order valence-corrected chi connectivity index (χ1v) is 9.10. The second kappa shape index (κ2) is 8.24. The Morgan fingerprint density at radius 3 is 2.70 bits per heavy atom. The molecule has 0 bridgehead atoms. The highest BCUT2D eigenvalue weighted by Crippen LogP contribution is 2.28. The third-order valence-corrected chi connectivity index (χ3v) is 5.39. The van der Waals surface area contributed by atoms with Crippen LogP contribution in [0.5, 0.6) is 5.75 Å². The molecule has 2 atom stereocenters. The van der Waals surface area contributed by atoms with E-state index in [1.807, 2.05) is 12.1 Å². The summed E-state index contributed by atoms with van der Waals surface area (Å²) in [5.41, 5.74) is 3.20. The molecule has 27 heavy (non-hydrogen) atoms. The van der Waals surface area contributed by atoms with Gasteiger partial charge in [-0.05, 0) is 73.5 Å². The minimum atomic E-state index is -0.179. The highest BCUT2D eigenvalue weighted by atomic mass is 35.5. The van der Waals surface area contributed by atoms with Crippen LogP contribution in [0.3, 0.4) is 0 Å². The van der Waals surface area contributed by atoms with Crippen molar-refractivity contribution in [2.75, 3.05) is 0 Å². The number of hydrogen-bond donors (Lipinski definition) is 1. The maximum Gasteiger partial charge on any atom is 0.128 e. The number of ether oxygens (including phenoxy) is 1. The smallest absolute Gasteiger partial charge is 0.128 e. The Morgan fingerprint density at radius 2 is 1.96 bits per heavy atom.